The zero-order valence-electron chi connectivity index (χ0n) is 33.7. The number of hydrogen-bond acceptors (Lipinski definition) is 3. The molecular formula is C59H38N2O. The van der Waals surface area contributed by atoms with Gasteiger partial charge >= 0.3 is 0 Å². The summed E-state index contributed by atoms with van der Waals surface area (Å²) in [6.07, 6.45) is 0. The molecule has 0 amide bonds. The Morgan fingerprint density at radius 1 is 0.339 bits per heavy atom. The first kappa shape index (κ1) is 35.8. The molecule has 11 aromatic rings. The van der Waals surface area contributed by atoms with E-state index in [0.29, 0.717) is 5.82 Å². The van der Waals surface area contributed by atoms with Gasteiger partial charge in [0, 0.05) is 27.5 Å². The second-order valence-corrected chi connectivity index (χ2v) is 16.0. The summed E-state index contributed by atoms with van der Waals surface area (Å²) in [5, 5.41) is 2.12. The Kier molecular flexibility index (Phi) is 8.39. The molecule has 0 saturated heterocycles. The molecule has 1 aliphatic carbocycles. The summed E-state index contributed by atoms with van der Waals surface area (Å²) in [5.41, 5.74) is 18.2. The lowest BCUT2D eigenvalue weighted by molar-refractivity contribution is 0.669. The lowest BCUT2D eigenvalue weighted by Crippen LogP contribution is -2.28. The van der Waals surface area contributed by atoms with Crippen molar-refractivity contribution in [3.63, 3.8) is 0 Å². The van der Waals surface area contributed by atoms with Gasteiger partial charge in [0.2, 0.25) is 0 Å². The predicted octanol–water partition coefficient (Wildman–Crippen LogP) is 15.1. The first-order valence-electron chi connectivity index (χ1n) is 21.1. The van der Waals surface area contributed by atoms with E-state index in [0.717, 1.165) is 61.1 Å². The van der Waals surface area contributed by atoms with Crippen LogP contribution in [0.1, 0.15) is 22.3 Å². The zero-order valence-corrected chi connectivity index (χ0v) is 33.7. The molecule has 9 aromatic carbocycles. The van der Waals surface area contributed by atoms with Gasteiger partial charge in [-0.05, 0) is 79.9 Å². The topological polar surface area (TPSA) is 38.9 Å². The highest BCUT2D eigenvalue weighted by Gasteiger charge is 2.47. The molecule has 0 fully saturated rings. The SMILES string of the molecule is c1ccc(-c2nc(-c3ccc(-c4ccc5c(c4)C(c4ccccc4)(c4ccccc4)c4cccc(-c6ccccc6)c4-5)cc3)cc(-c3cccc4oc5ccccc5c34)n2)cc1. The van der Waals surface area contributed by atoms with Gasteiger partial charge in [0.25, 0.3) is 0 Å². The number of hydrogen-bond donors (Lipinski definition) is 0. The van der Waals surface area contributed by atoms with E-state index in [9.17, 15) is 0 Å². The molecule has 1 aliphatic rings. The third-order valence-electron chi connectivity index (χ3n) is 12.6. The molecule has 0 bridgehead atoms. The quantitative estimate of drug-likeness (QED) is 0.161. The number of para-hydroxylation sites is 1. The molecule has 0 radical (unpaired) electrons. The fourth-order valence-corrected chi connectivity index (χ4v) is 9.85. The van der Waals surface area contributed by atoms with Crippen molar-refractivity contribution in [2.45, 2.75) is 5.41 Å². The van der Waals surface area contributed by atoms with Crippen LogP contribution in [0.15, 0.2) is 235 Å². The van der Waals surface area contributed by atoms with E-state index in [1.54, 1.807) is 0 Å². The van der Waals surface area contributed by atoms with Gasteiger partial charge in [0.05, 0.1) is 16.8 Å². The molecule has 0 atom stereocenters. The van der Waals surface area contributed by atoms with Crippen molar-refractivity contribution in [1.29, 1.82) is 0 Å². The summed E-state index contributed by atoms with van der Waals surface area (Å²) in [5.74, 6) is 0.679. The van der Waals surface area contributed by atoms with Crippen molar-refractivity contribution in [1.82, 2.24) is 9.97 Å². The van der Waals surface area contributed by atoms with Crippen LogP contribution >= 0.6 is 0 Å². The van der Waals surface area contributed by atoms with Crippen LogP contribution in [-0.2, 0) is 5.41 Å². The molecule has 12 rings (SSSR count). The number of fused-ring (bicyclic) bond motifs is 6. The Hall–Kier alpha value is -8.14. The van der Waals surface area contributed by atoms with E-state index in [2.05, 4.69) is 188 Å². The molecule has 3 nitrogen and oxygen atoms in total. The fourth-order valence-electron chi connectivity index (χ4n) is 9.85. The number of aromatic nitrogens is 2. The lowest BCUT2D eigenvalue weighted by Gasteiger charge is -2.34. The summed E-state index contributed by atoms with van der Waals surface area (Å²) in [4.78, 5) is 10.4. The van der Waals surface area contributed by atoms with Gasteiger partial charge < -0.3 is 4.42 Å². The van der Waals surface area contributed by atoms with E-state index in [4.69, 9.17) is 14.4 Å². The highest BCUT2D eigenvalue weighted by atomic mass is 16.3. The van der Waals surface area contributed by atoms with Gasteiger partial charge in [-0.3, -0.25) is 0 Å². The van der Waals surface area contributed by atoms with Crippen molar-refractivity contribution in [2.75, 3.05) is 0 Å². The number of nitrogens with zero attached hydrogens (tertiary/aromatic N) is 2. The van der Waals surface area contributed by atoms with E-state index < -0.39 is 5.41 Å². The van der Waals surface area contributed by atoms with Crippen LogP contribution in [-0.4, -0.2) is 9.97 Å². The number of rotatable bonds is 7. The second-order valence-electron chi connectivity index (χ2n) is 16.0. The fraction of sp³-hybridized carbons (Fsp3) is 0.0169. The minimum absolute atomic E-state index is 0.526. The van der Waals surface area contributed by atoms with E-state index in [-0.39, 0.29) is 0 Å². The molecule has 0 spiro atoms. The summed E-state index contributed by atoms with van der Waals surface area (Å²) in [7, 11) is 0. The van der Waals surface area contributed by atoms with Crippen LogP contribution in [0.4, 0.5) is 0 Å². The Morgan fingerprint density at radius 2 is 0.903 bits per heavy atom. The molecule has 0 unspecified atom stereocenters. The normalized spacial score (nSPS) is 12.6. The van der Waals surface area contributed by atoms with Crippen LogP contribution in [0.5, 0.6) is 0 Å². The van der Waals surface area contributed by atoms with Crippen LogP contribution < -0.4 is 0 Å². The third kappa shape index (κ3) is 5.67. The maximum absolute atomic E-state index is 6.29. The Bertz CT molecular complexity index is 3390. The monoisotopic (exact) mass is 790 g/mol. The zero-order chi connectivity index (χ0) is 41.0. The summed E-state index contributed by atoms with van der Waals surface area (Å²) < 4.78 is 6.29. The minimum Gasteiger partial charge on any atom is -0.456 e. The predicted molar refractivity (Wildman–Crippen MR) is 254 cm³/mol. The van der Waals surface area contributed by atoms with Gasteiger partial charge in [-0.2, -0.15) is 0 Å². The molecule has 290 valence electrons. The van der Waals surface area contributed by atoms with E-state index >= 15 is 0 Å². The van der Waals surface area contributed by atoms with Gasteiger partial charge in [-0.1, -0.05) is 206 Å². The number of benzene rings is 9. The highest BCUT2D eigenvalue weighted by molar-refractivity contribution is 6.12. The highest BCUT2D eigenvalue weighted by Crippen LogP contribution is 2.59. The molecule has 0 aliphatic heterocycles. The average molecular weight is 791 g/mol. The third-order valence-corrected chi connectivity index (χ3v) is 12.6. The maximum atomic E-state index is 6.29. The summed E-state index contributed by atoms with van der Waals surface area (Å²) >= 11 is 0. The second kappa shape index (κ2) is 14.5. The summed E-state index contributed by atoms with van der Waals surface area (Å²) in [6.45, 7) is 0. The summed E-state index contributed by atoms with van der Waals surface area (Å²) in [6, 6.07) is 82.4. The molecule has 2 aromatic heterocycles. The minimum atomic E-state index is -0.526. The van der Waals surface area contributed by atoms with Crippen LogP contribution in [0, 0.1) is 0 Å². The molecular weight excluding hydrogens is 753 g/mol. The van der Waals surface area contributed by atoms with Crippen molar-refractivity contribution in [2.24, 2.45) is 0 Å². The average Bonchev–Trinajstić information content (AvgIpc) is 3.89. The Labute approximate surface area is 360 Å². The van der Waals surface area contributed by atoms with Gasteiger partial charge in [-0.15, -0.1) is 0 Å². The molecule has 62 heavy (non-hydrogen) atoms. The van der Waals surface area contributed by atoms with Crippen molar-refractivity contribution in [3.05, 3.63) is 253 Å². The smallest absolute Gasteiger partial charge is 0.160 e. The van der Waals surface area contributed by atoms with Crippen molar-refractivity contribution >= 4 is 21.9 Å². The molecule has 0 N–H and O–H groups in total. The van der Waals surface area contributed by atoms with E-state index in [1.165, 1.54) is 44.5 Å². The largest absolute Gasteiger partial charge is 0.456 e. The van der Waals surface area contributed by atoms with E-state index in [1.807, 2.05) is 42.5 Å². The number of furan rings is 1. The van der Waals surface area contributed by atoms with Gasteiger partial charge in [-0.25, -0.2) is 9.97 Å². The molecule has 2 heterocycles. The van der Waals surface area contributed by atoms with Crippen LogP contribution in [0.3, 0.4) is 0 Å². The maximum Gasteiger partial charge on any atom is 0.160 e. The standard InChI is InChI=1S/C59H38N2O/c1-5-17-40(18-6-1)46-26-15-28-50-56(46)47-36-35-43(37-51(47)59(50,44-21-9-3-10-22-44)45-23-11-4-12-24-45)39-31-33-41(34-32-39)52-38-53(61-58(60-52)42-19-7-2-8-20-42)48-27-16-30-55-57(48)49-25-13-14-29-54(49)62-55/h1-38H. The van der Waals surface area contributed by atoms with Gasteiger partial charge in [0.1, 0.15) is 11.2 Å². The van der Waals surface area contributed by atoms with Crippen LogP contribution in [0.25, 0.3) is 89.2 Å². The van der Waals surface area contributed by atoms with Gasteiger partial charge in [0.15, 0.2) is 5.82 Å². The molecule has 0 saturated carbocycles. The first-order chi connectivity index (χ1) is 30.7. The Morgan fingerprint density at radius 3 is 1.63 bits per heavy atom. The van der Waals surface area contributed by atoms with Crippen LogP contribution in [0.2, 0.25) is 0 Å². The lowest BCUT2D eigenvalue weighted by atomic mass is 9.67. The Balaban J connectivity index is 1.02. The van der Waals surface area contributed by atoms with Crippen molar-refractivity contribution in [3.8, 4) is 67.3 Å². The first-order valence-corrected chi connectivity index (χ1v) is 21.1. The molecule has 3 heteroatoms. The van der Waals surface area contributed by atoms with Crippen molar-refractivity contribution < 1.29 is 4.42 Å².